The van der Waals surface area contributed by atoms with Crippen molar-refractivity contribution in [2.45, 2.75) is 19.3 Å². The van der Waals surface area contributed by atoms with Crippen molar-refractivity contribution in [1.82, 2.24) is 4.98 Å². The van der Waals surface area contributed by atoms with Crippen molar-refractivity contribution in [2.75, 3.05) is 16.8 Å². The van der Waals surface area contributed by atoms with Gasteiger partial charge in [0.2, 0.25) is 11.8 Å². The number of amides is 2. The smallest absolute Gasteiger partial charge is 0.230 e. The summed E-state index contributed by atoms with van der Waals surface area (Å²) in [6, 6.07) is 7.40. The van der Waals surface area contributed by atoms with Gasteiger partial charge in [-0.1, -0.05) is 15.9 Å². The number of thiazole rings is 1. The van der Waals surface area contributed by atoms with Gasteiger partial charge < -0.3 is 5.32 Å². The Bertz CT molecular complexity index is 699. The molecule has 0 saturated carbocycles. The van der Waals surface area contributed by atoms with Crippen LogP contribution in [0.4, 0.5) is 10.8 Å². The minimum absolute atomic E-state index is 0.111. The Kier molecular flexibility index (Phi) is 4.54. The first-order chi connectivity index (χ1) is 10.6. The highest BCUT2D eigenvalue weighted by atomic mass is 79.9. The fraction of sp³-hybridized carbons (Fsp3) is 0.267. The number of anilines is 2. The number of carbonyl (C=O) groups excluding carboxylic acids is 2. The summed E-state index contributed by atoms with van der Waals surface area (Å²) in [4.78, 5) is 29.8. The zero-order valence-electron chi connectivity index (χ0n) is 11.7. The second-order valence-corrected chi connectivity index (χ2v) is 6.75. The van der Waals surface area contributed by atoms with Crippen LogP contribution in [0.2, 0.25) is 0 Å². The lowest BCUT2D eigenvalue weighted by molar-refractivity contribution is -0.117. The summed E-state index contributed by atoms with van der Waals surface area (Å²) in [5.41, 5.74) is 1.44. The summed E-state index contributed by atoms with van der Waals surface area (Å²) in [6.07, 6.45) is 1.66. The minimum Gasteiger partial charge on any atom is -0.326 e. The molecular formula is C15H14BrN3O2S. The molecule has 1 fully saturated rings. The maximum absolute atomic E-state index is 12.0. The van der Waals surface area contributed by atoms with Crippen LogP contribution < -0.4 is 10.2 Å². The van der Waals surface area contributed by atoms with E-state index in [0.29, 0.717) is 17.2 Å². The molecule has 0 radical (unpaired) electrons. The number of benzene rings is 1. The molecule has 1 aliphatic rings. The summed E-state index contributed by atoms with van der Waals surface area (Å²) >= 11 is 4.76. The van der Waals surface area contributed by atoms with E-state index < -0.39 is 0 Å². The van der Waals surface area contributed by atoms with Crippen LogP contribution in [0.5, 0.6) is 0 Å². The van der Waals surface area contributed by atoms with Gasteiger partial charge in [-0.25, -0.2) is 4.98 Å². The van der Waals surface area contributed by atoms with Crippen LogP contribution >= 0.6 is 27.3 Å². The summed E-state index contributed by atoms with van der Waals surface area (Å²) in [5.74, 6) is -0.00728. The van der Waals surface area contributed by atoms with Gasteiger partial charge in [-0.15, -0.1) is 11.3 Å². The van der Waals surface area contributed by atoms with Crippen LogP contribution in [0.3, 0.4) is 0 Å². The molecule has 1 N–H and O–H groups in total. The van der Waals surface area contributed by atoms with E-state index in [-0.39, 0.29) is 18.2 Å². The molecule has 2 amide bonds. The molecule has 114 valence electrons. The molecule has 0 unspecified atom stereocenters. The molecule has 22 heavy (non-hydrogen) atoms. The average Bonchev–Trinajstić information content (AvgIpc) is 3.10. The summed E-state index contributed by atoms with van der Waals surface area (Å²) < 4.78 is 0.963. The molecule has 2 heterocycles. The van der Waals surface area contributed by atoms with E-state index in [4.69, 9.17) is 0 Å². The Labute approximate surface area is 140 Å². The first kappa shape index (κ1) is 15.2. The van der Waals surface area contributed by atoms with Crippen molar-refractivity contribution in [3.8, 4) is 0 Å². The lowest BCUT2D eigenvalue weighted by Gasteiger charge is -2.10. The quantitative estimate of drug-likeness (QED) is 0.886. The molecule has 3 rings (SSSR count). The third-order valence-electron chi connectivity index (χ3n) is 3.31. The van der Waals surface area contributed by atoms with Crippen LogP contribution in [0.25, 0.3) is 0 Å². The fourth-order valence-electron chi connectivity index (χ4n) is 2.25. The second kappa shape index (κ2) is 6.58. The number of rotatable bonds is 4. The van der Waals surface area contributed by atoms with E-state index in [9.17, 15) is 9.59 Å². The molecule has 7 heteroatoms. The van der Waals surface area contributed by atoms with E-state index >= 15 is 0 Å². The Balaban J connectivity index is 1.61. The monoisotopic (exact) mass is 379 g/mol. The molecule has 0 bridgehead atoms. The normalized spacial score (nSPS) is 14.4. The van der Waals surface area contributed by atoms with Gasteiger partial charge in [-0.05, 0) is 30.7 Å². The highest BCUT2D eigenvalue weighted by Crippen LogP contribution is 2.25. The van der Waals surface area contributed by atoms with Gasteiger partial charge in [-0.3, -0.25) is 14.5 Å². The van der Waals surface area contributed by atoms with Gasteiger partial charge in [0.1, 0.15) is 0 Å². The number of aromatic nitrogens is 1. The molecule has 1 aliphatic heterocycles. The Hall–Kier alpha value is -1.73. The minimum atomic E-state index is -0.119. The average molecular weight is 380 g/mol. The molecular weight excluding hydrogens is 366 g/mol. The molecule has 1 saturated heterocycles. The predicted molar refractivity (Wildman–Crippen MR) is 90.2 cm³/mol. The van der Waals surface area contributed by atoms with E-state index in [1.54, 1.807) is 4.90 Å². The Morgan fingerprint density at radius 2 is 2.14 bits per heavy atom. The number of nitrogens with one attached hydrogen (secondary N) is 1. The lowest BCUT2D eigenvalue weighted by Crippen LogP contribution is -2.23. The zero-order chi connectivity index (χ0) is 15.5. The first-order valence-electron chi connectivity index (χ1n) is 6.92. The fourth-order valence-corrected chi connectivity index (χ4v) is 3.39. The molecule has 5 nitrogen and oxygen atoms in total. The largest absolute Gasteiger partial charge is 0.326 e. The van der Waals surface area contributed by atoms with Crippen LogP contribution in [-0.4, -0.2) is 23.3 Å². The van der Waals surface area contributed by atoms with Crippen LogP contribution in [0.15, 0.2) is 34.1 Å². The van der Waals surface area contributed by atoms with Crippen molar-refractivity contribution in [1.29, 1.82) is 0 Å². The summed E-state index contributed by atoms with van der Waals surface area (Å²) in [5, 5.41) is 5.35. The maximum Gasteiger partial charge on any atom is 0.230 e. The van der Waals surface area contributed by atoms with Crippen molar-refractivity contribution >= 4 is 49.9 Å². The molecule has 1 aromatic heterocycles. The third kappa shape index (κ3) is 3.53. The van der Waals surface area contributed by atoms with Crippen molar-refractivity contribution in [3.05, 3.63) is 39.8 Å². The highest BCUT2D eigenvalue weighted by molar-refractivity contribution is 9.10. The highest BCUT2D eigenvalue weighted by Gasteiger charge is 2.24. The predicted octanol–water partition coefficient (Wildman–Crippen LogP) is 3.21. The number of carbonyl (C=O) groups is 2. The maximum atomic E-state index is 12.0. The van der Waals surface area contributed by atoms with E-state index in [2.05, 4.69) is 26.2 Å². The Morgan fingerprint density at radius 3 is 2.82 bits per heavy atom. The summed E-state index contributed by atoms with van der Waals surface area (Å²) in [7, 11) is 0. The third-order valence-corrected chi connectivity index (χ3v) is 4.75. The molecule has 1 aromatic carbocycles. The summed E-state index contributed by atoms with van der Waals surface area (Å²) in [6.45, 7) is 0.719. The standard InChI is InChI=1S/C15H14BrN3O2S/c16-10-3-5-11(6-4-10)17-13(20)8-12-9-22-15(18-12)19-7-1-2-14(19)21/h3-6,9H,1-2,7-8H2,(H,17,20). The van der Waals surface area contributed by atoms with E-state index in [1.165, 1.54) is 11.3 Å². The van der Waals surface area contributed by atoms with Gasteiger partial charge >= 0.3 is 0 Å². The van der Waals surface area contributed by atoms with Gasteiger partial charge in [0.25, 0.3) is 0 Å². The molecule has 0 spiro atoms. The second-order valence-electron chi connectivity index (χ2n) is 5.00. The van der Waals surface area contributed by atoms with Crippen molar-refractivity contribution in [2.24, 2.45) is 0 Å². The lowest BCUT2D eigenvalue weighted by atomic mass is 10.3. The van der Waals surface area contributed by atoms with Crippen LogP contribution in [0.1, 0.15) is 18.5 Å². The topological polar surface area (TPSA) is 62.3 Å². The molecule has 0 aliphatic carbocycles. The molecule has 0 atom stereocenters. The van der Waals surface area contributed by atoms with Gasteiger partial charge in [0, 0.05) is 28.5 Å². The zero-order valence-corrected chi connectivity index (χ0v) is 14.1. The first-order valence-corrected chi connectivity index (χ1v) is 8.59. The number of nitrogens with zero attached hydrogens (tertiary/aromatic N) is 2. The van der Waals surface area contributed by atoms with Crippen LogP contribution in [-0.2, 0) is 16.0 Å². The number of halogens is 1. The van der Waals surface area contributed by atoms with Gasteiger partial charge in [0.05, 0.1) is 12.1 Å². The Morgan fingerprint density at radius 1 is 1.36 bits per heavy atom. The van der Waals surface area contributed by atoms with E-state index in [1.807, 2.05) is 29.6 Å². The van der Waals surface area contributed by atoms with Gasteiger partial charge in [-0.2, -0.15) is 0 Å². The SMILES string of the molecule is O=C(Cc1csc(N2CCCC2=O)n1)Nc1ccc(Br)cc1. The van der Waals surface area contributed by atoms with Gasteiger partial charge in [0.15, 0.2) is 5.13 Å². The van der Waals surface area contributed by atoms with Crippen molar-refractivity contribution in [3.63, 3.8) is 0 Å². The van der Waals surface area contributed by atoms with Crippen LogP contribution in [0, 0.1) is 0 Å². The number of hydrogen-bond acceptors (Lipinski definition) is 4. The van der Waals surface area contributed by atoms with Crippen molar-refractivity contribution < 1.29 is 9.59 Å². The molecule has 2 aromatic rings. The number of hydrogen-bond donors (Lipinski definition) is 1. The van der Waals surface area contributed by atoms with E-state index in [0.717, 1.165) is 23.1 Å².